The molecule has 0 amide bonds. The molecule has 0 bridgehead atoms. The van der Waals surface area contributed by atoms with Crippen molar-refractivity contribution in [2.24, 2.45) is 0 Å². The first-order chi connectivity index (χ1) is 14.6. The van der Waals surface area contributed by atoms with Gasteiger partial charge in [-0.2, -0.15) is 0 Å². The average molecular weight is 458 g/mol. The van der Waals surface area contributed by atoms with Gasteiger partial charge in [0, 0.05) is 22.6 Å². The fourth-order valence-electron chi connectivity index (χ4n) is 3.34. The van der Waals surface area contributed by atoms with Crippen molar-refractivity contribution in [3.8, 4) is 22.4 Å². The Morgan fingerprint density at radius 1 is 1.03 bits per heavy atom. The van der Waals surface area contributed by atoms with Crippen LogP contribution >= 0.6 is 11.6 Å². The first-order valence-electron chi connectivity index (χ1n) is 9.19. The highest BCUT2D eigenvalue weighted by atomic mass is 35.5. The number of benzene rings is 2. The molecule has 31 heavy (non-hydrogen) atoms. The molecule has 0 radical (unpaired) electrons. The van der Waals surface area contributed by atoms with Crippen LogP contribution in [0.5, 0.6) is 0 Å². The summed E-state index contributed by atoms with van der Waals surface area (Å²) in [5.41, 5.74) is 3.60. The topological polar surface area (TPSA) is 91.9 Å². The van der Waals surface area contributed by atoms with Crippen molar-refractivity contribution < 1.29 is 12.8 Å². The Balaban J connectivity index is 1.98. The largest absolute Gasteiger partial charge is 0.307 e. The summed E-state index contributed by atoms with van der Waals surface area (Å²) in [7, 11) is -3.50. The molecule has 0 fully saturated rings. The zero-order valence-electron chi connectivity index (χ0n) is 16.5. The van der Waals surface area contributed by atoms with Gasteiger partial charge in [-0.25, -0.2) is 17.8 Å². The smallest absolute Gasteiger partial charge is 0.249 e. The van der Waals surface area contributed by atoms with Crippen molar-refractivity contribution in [3.63, 3.8) is 0 Å². The van der Waals surface area contributed by atoms with Crippen LogP contribution in [0.4, 0.5) is 10.1 Å². The predicted octanol–water partition coefficient (Wildman–Crippen LogP) is 4.73. The Bertz CT molecular complexity index is 1460. The fourth-order valence-corrected chi connectivity index (χ4v) is 4.35. The number of rotatable bonds is 4. The summed E-state index contributed by atoms with van der Waals surface area (Å²) >= 11 is 6.40. The predicted molar refractivity (Wildman–Crippen MR) is 121 cm³/mol. The van der Waals surface area contributed by atoms with E-state index in [1.807, 2.05) is 6.07 Å². The van der Waals surface area contributed by atoms with Crippen molar-refractivity contribution >= 4 is 38.3 Å². The van der Waals surface area contributed by atoms with Gasteiger partial charge in [0.25, 0.3) is 0 Å². The minimum Gasteiger partial charge on any atom is -0.307 e. The second-order valence-corrected chi connectivity index (χ2v) is 9.33. The third-order valence-corrected chi connectivity index (χ3v) is 5.58. The van der Waals surface area contributed by atoms with Gasteiger partial charge in [-0.15, -0.1) is 0 Å². The number of aryl methyl sites for hydroxylation is 1. The van der Waals surface area contributed by atoms with Crippen molar-refractivity contribution in [1.29, 1.82) is 0 Å². The van der Waals surface area contributed by atoms with Gasteiger partial charge in [0.05, 0.1) is 22.7 Å². The van der Waals surface area contributed by atoms with E-state index in [0.29, 0.717) is 44.7 Å². The maximum absolute atomic E-state index is 13.5. The zero-order chi connectivity index (χ0) is 22.3. The number of nitrogens with zero attached hydrogens (tertiary/aromatic N) is 1. The summed E-state index contributed by atoms with van der Waals surface area (Å²) in [6.45, 7) is 1.74. The molecule has 2 aromatic heterocycles. The van der Waals surface area contributed by atoms with Crippen LogP contribution in [0.15, 0.2) is 59.4 Å². The van der Waals surface area contributed by atoms with Gasteiger partial charge in [0.1, 0.15) is 11.5 Å². The Hall–Kier alpha value is -3.23. The van der Waals surface area contributed by atoms with E-state index < -0.39 is 10.0 Å². The minimum absolute atomic E-state index is 0.229. The molecule has 0 saturated carbocycles. The van der Waals surface area contributed by atoms with Crippen molar-refractivity contribution in [1.82, 2.24) is 9.97 Å². The first kappa shape index (κ1) is 21.0. The average Bonchev–Trinajstić information content (AvgIpc) is 2.69. The van der Waals surface area contributed by atoms with Crippen LogP contribution in [-0.4, -0.2) is 24.6 Å². The third-order valence-electron chi connectivity index (χ3n) is 4.71. The second kappa shape index (κ2) is 7.79. The van der Waals surface area contributed by atoms with Gasteiger partial charge < -0.3 is 4.98 Å². The lowest BCUT2D eigenvalue weighted by atomic mass is 9.96. The Kier molecular flexibility index (Phi) is 5.28. The molecule has 2 N–H and O–H groups in total. The minimum atomic E-state index is -3.50. The molecule has 6 nitrogen and oxygen atoms in total. The molecule has 0 aliphatic heterocycles. The number of halogens is 2. The number of H-pyrrole nitrogens is 1. The van der Waals surface area contributed by atoms with Gasteiger partial charge in [-0.3, -0.25) is 9.52 Å². The molecule has 2 heterocycles. The molecular weight excluding hydrogens is 441 g/mol. The number of hydrogen-bond donors (Lipinski definition) is 2. The Morgan fingerprint density at radius 3 is 2.39 bits per heavy atom. The SMILES string of the molecule is Cc1cc(-c2cc3ccc(=O)[nH]c3nc2-c2ccc(F)cc2)cc(Cl)c1NS(C)(=O)=O. The summed E-state index contributed by atoms with van der Waals surface area (Å²) in [6, 6.07) is 14.2. The lowest BCUT2D eigenvalue weighted by Gasteiger charge is -2.15. The molecule has 0 unspecified atom stereocenters. The van der Waals surface area contributed by atoms with E-state index >= 15 is 0 Å². The molecule has 9 heteroatoms. The van der Waals surface area contributed by atoms with E-state index in [-0.39, 0.29) is 16.4 Å². The molecule has 0 atom stereocenters. The van der Waals surface area contributed by atoms with Crippen molar-refractivity contribution in [2.75, 3.05) is 11.0 Å². The maximum atomic E-state index is 13.5. The lowest BCUT2D eigenvalue weighted by Crippen LogP contribution is -2.11. The third kappa shape index (κ3) is 4.45. The van der Waals surface area contributed by atoms with Crippen LogP contribution in [0.2, 0.25) is 5.02 Å². The first-order valence-corrected chi connectivity index (χ1v) is 11.5. The summed E-state index contributed by atoms with van der Waals surface area (Å²) in [6.07, 6.45) is 1.05. The molecule has 0 spiro atoms. The summed E-state index contributed by atoms with van der Waals surface area (Å²) in [4.78, 5) is 19.1. The second-order valence-electron chi connectivity index (χ2n) is 7.18. The summed E-state index contributed by atoms with van der Waals surface area (Å²) in [5, 5.41) is 0.930. The van der Waals surface area contributed by atoms with Gasteiger partial charge in [0.15, 0.2) is 0 Å². The van der Waals surface area contributed by atoms with Gasteiger partial charge in [0.2, 0.25) is 15.6 Å². The molecule has 4 rings (SSSR count). The standard InChI is InChI=1S/C22H17ClFN3O3S/c1-12-9-15(11-18(23)20(12)27-31(2,29)30)17-10-14-5-8-19(28)25-22(14)26-21(17)13-3-6-16(24)7-4-13/h3-11,27H,1-2H3,(H,25,26,28). The van der Waals surface area contributed by atoms with Crippen LogP contribution in [0, 0.1) is 12.7 Å². The number of pyridine rings is 2. The highest BCUT2D eigenvalue weighted by Crippen LogP contribution is 2.37. The quantitative estimate of drug-likeness (QED) is 0.463. The molecule has 0 saturated heterocycles. The summed E-state index contributed by atoms with van der Waals surface area (Å²) < 4.78 is 39.2. The molecular formula is C22H17ClFN3O3S. The van der Waals surface area contributed by atoms with E-state index in [4.69, 9.17) is 11.6 Å². The van der Waals surface area contributed by atoms with Crippen LogP contribution in [0.1, 0.15) is 5.56 Å². The monoisotopic (exact) mass is 457 g/mol. The normalized spacial score (nSPS) is 11.6. The number of aromatic nitrogens is 2. The molecule has 2 aromatic carbocycles. The van der Waals surface area contributed by atoms with E-state index in [9.17, 15) is 17.6 Å². The molecule has 0 aliphatic carbocycles. The molecule has 0 aliphatic rings. The number of aromatic amines is 1. The van der Waals surface area contributed by atoms with Gasteiger partial charge >= 0.3 is 0 Å². The number of fused-ring (bicyclic) bond motifs is 1. The van der Waals surface area contributed by atoms with Crippen LogP contribution in [0.25, 0.3) is 33.4 Å². The highest BCUT2D eigenvalue weighted by Gasteiger charge is 2.16. The lowest BCUT2D eigenvalue weighted by molar-refractivity contribution is 0.606. The fraction of sp³-hybridized carbons (Fsp3) is 0.0909. The Labute approximate surface area is 182 Å². The van der Waals surface area contributed by atoms with E-state index in [2.05, 4.69) is 14.7 Å². The summed E-state index contributed by atoms with van der Waals surface area (Å²) in [5.74, 6) is -0.380. The van der Waals surface area contributed by atoms with Crippen LogP contribution < -0.4 is 10.3 Å². The molecule has 158 valence electrons. The van der Waals surface area contributed by atoms with E-state index in [0.717, 1.165) is 6.26 Å². The van der Waals surface area contributed by atoms with E-state index in [1.54, 1.807) is 37.3 Å². The number of hydrogen-bond acceptors (Lipinski definition) is 4. The number of sulfonamides is 1. The number of nitrogens with one attached hydrogen (secondary N) is 2. The maximum Gasteiger partial charge on any atom is 0.249 e. The van der Waals surface area contributed by atoms with Crippen molar-refractivity contribution in [3.05, 3.63) is 81.4 Å². The Morgan fingerprint density at radius 2 is 1.74 bits per heavy atom. The van der Waals surface area contributed by atoms with Crippen LogP contribution in [0.3, 0.4) is 0 Å². The van der Waals surface area contributed by atoms with Crippen LogP contribution in [-0.2, 0) is 10.0 Å². The highest BCUT2D eigenvalue weighted by molar-refractivity contribution is 7.92. The van der Waals surface area contributed by atoms with Crippen molar-refractivity contribution in [2.45, 2.75) is 6.92 Å². The van der Waals surface area contributed by atoms with Gasteiger partial charge in [-0.05, 0) is 66.6 Å². The van der Waals surface area contributed by atoms with E-state index in [1.165, 1.54) is 18.2 Å². The number of anilines is 1. The van der Waals surface area contributed by atoms with Gasteiger partial charge in [-0.1, -0.05) is 11.6 Å². The molecule has 4 aromatic rings. The zero-order valence-corrected chi connectivity index (χ0v) is 18.1.